The van der Waals surface area contributed by atoms with E-state index in [4.69, 9.17) is 0 Å². The molecule has 0 radical (unpaired) electrons. The van der Waals surface area contributed by atoms with E-state index in [1.165, 1.54) is 18.8 Å². The topological polar surface area (TPSA) is 15.6 Å². The molecular formula is C9H18N2. The minimum Gasteiger partial charge on any atom is -0.363 e. The number of amidine groups is 1. The number of rotatable bonds is 2. The van der Waals surface area contributed by atoms with Gasteiger partial charge in [0.1, 0.15) is 0 Å². The summed E-state index contributed by atoms with van der Waals surface area (Å²) in [6, 6.07) is 0. The van der Waals surface area contributed by atoms with Crippen LogP contribution in [0.1, 0.15) is 26.7 Å². The highest BCUT2D eigenvalue weighted by Crippen LogP contribution is 2.08. The highest BCUT2D eigenvalue weighted by atomic mass is 15.2. The summed E-state index contributed by atoms with van der Waals surface area (Å²) < 4.78 is 0. The molecule has 0 atom stereocenters. The van der Waals surface area contributed by atoms with Crippen molar-refractivity contribution in [1.29, 1.82) is 0 Å². The van der Waals surface area contributed by atoms with E-state index in [1.807, 2.05) is 0 Å². The van der Waals surface area contributed by atoms with E-state index in [9.17, 15) is 0 Å². The molecule has 0 unspecified atom stereocenters. The van der Waals surface area contributed by atoms with E-state index in [0.29, 0.717) is 0 Å². The van der Waals surface area contributed by atoms with Crippen LogP contribution in [-0.2, 0) is 0 Å². The first kappa shape index (κ1) is 8.57. The third-order valence-corrected chi connectivity index (χ3v) is 1.98. The van der Waals surface area contributed by atoms with E-state index >= 15 is 0 Å². The maximum Gasteiger partial charge on any atom is 0.0988 e. The van der Waals surface area contributed by atoms with Gasteiger partial charge in [-0.2, -0.15) is 0 Å². The summed E-state index contributed by atoms with van der Waals surface area (Å²) in [5.41, 5.74) is 0. The molecule has 2 nitrogen and oxygen atoms in total. The summed E-state index contributed by atoms with van der Waals surface area (Å²) in [7, 11) is 2.14. The lowest BCUT2D eigenvalue weighted by Gasteiger charge is -2.26. The van der Waals surface area contributed by atoms with Gasteiger partial charge >= 0.3 is 0 Å². The Morgan fingerprint density at radius 1 is 1.55 bits per heavy atom. The molecule has 1 aliphatic rings. The average molecular weight is 154 g/mol. The lowest BCUT2D eigenvalue weighted by atomic mass is 10.1. The molecule has 0 aromatic carbocycles. The number of nitrogens with zero attached hydrogens (tertiary/aromatic N) is 2. The van der Waals surface area contributed by atoms with E-state index in [-0.39, 0.29) is 0 Å². The van der Waals surface area contributed by atoms with Crippen molar-refractivity contribution in [3.63, 3.8) is 0 Å². The molecule has 0 bridgehead atoms. The van der Waals surface area contributed by atoms with Gasteiger partial charge in [0.05, 0.1) is 5.84 Å². The van der Waals surface area contributed by atoms with Gasteiger partial charge in [-0.15, -0.1) is 0 Å². The average Bonchev–Trinajstić information content (AvgIpc) is 1.93. The molecule has 0 aliphatic carbocycles. The Morgan fingerprint density at radius 2 is 2.27 bits per heavy atom. The van der Waals surface area contributed by atoms with E-state index in [0.717, 1.165) is 18.9 Å². The van der Waals surface area contributed by atoms with Crippen LogP contribution >= 0.6 is 0 Å². The van der Waals surface area contributed by atoms with Gasteiger partial charge < -0.3 is 4.90 Å². The van der Waals surface area contributed by atoms with Crippen molar-refractivity contribution < 1.29 is 0 Å². The first-order valence-electron chi connectivity index (χ1n) is 4.44. The Hall–Kier alpha value is -0.530. The van der Waals surface area contributed by atoms with Crippen molar-refractivity contribution in [1.82, 2.24) is 4.90 Å². The maximum atomic E-state index is 4.49. The Kier molecular flexibility index (Phi) is 2.92. The van der Waals surface area contributed by atoms with Gasteiger partial charge in [-0.3, -0.25) is 4.99 Å². The van der Waals surface area contributed by atoms with Crippen molar-refractivity contribution in [2.75, 3.05) is 20.1 Å². The molecule has 64 valence electrons. The number of aliphatic imine (C=N–C) groups is 1. The van der Waals surface area contributed by atoms with Crippen LogP contribution in [0.4, 0.5) is 0 Å². The molecule has 0 amide bonds. The van der Waals surface area contributed by atoms with Gasteiger partial charge in [-0.1, -0.05) is 13.8 Å². The van der Waals surface area contributed by atoms with Gasteiger partial charge in [-0.25, -0.2) is 0 Å². The zero-order valence-corrected chi connectivity index (χ0v) is 7.80. The Labute approximate surface area is 69.3 Å². The molecule has 0 saturated heterocycles. The zero-order valence-electron chi connectivity index (χ0n) is 7.80. The van der Waals surface area contributed by atoms with Gasteiger partial charge in [0, 0.05) is 26.6 Å². The van der Waals surface area contributed by atoms with Crippen LogP contribution in [0, 0.1) is 5.92 Å². The highest BCUT2D eigenvalue weighted by Gasteiger charge is 2.11. The van der Waals surface area contributed by atoms with Crippen LogP contribution < -0.4 is 0 Å². The first-order valence-corrected chi connectivity index (χ1v) is 4.44. The normalized spacial score (nSPS) is 18.9. The minimum atomic E-state index is 0.731. The van der Waals surface area contributed by atoms with Crippen molar-refractivity contribution in [2.24, 2.45) is 10.9 Å². The van der Waals surface area contributed by atoms with Crippen LogP contribution in [0.2, 0.25) is 0 Å². The smallest absolute Gasteiger partial charge is 0.0988 e. The largest absolute Gasteiger partial charge is 0.363 e. The predicted molar refractivity (Wildman–Crippen MR) is 49.0 cm³/mol. The van der Waals surface area contributed by atoms with Crippen molar-refractivity contribution in [2.45, 2.75) is 26.7 Å². The molecule has 0 aromatic rings. The fourth-order valence-corrected chi connectivity index (χ4v) is 1.35. The molecule has 0 spiro atoms. The third-order valence-electron chi connectivity index (χ3n) is 1.98. The molecule has 11 heavy (non-hydrogen) atoms. The van der Waals surface area contributed by atoms with Crippen molar-refractivity contribution in [3.05, 3.63) is 0 Å². The summed E-state index contributed by atoms with van der Waals surface area (Å²) in [6.07, 6.45) is 2.36. The second-order valence-corrected chi connectivity index (χ2v) is 3.67. The van der Waals surface area contributed by atoms with Crippen LogP contribution in [0.3, 0.4) is 0 Å². The maximum absolute atomic E-state index is 4.49. The summed E-state index contributed by atoms with van der Waals surface area (Å²) in [4.78, 5) is 6.77. The summed E-state index contributed by atoms with van der Waals surface area (Å²) in [6.45, 7) is 6.70. The molecule has 1 heterocycles. The van der Waals surface area contributed by atoms with Gasteiger partial charge in [0.15, 0.2) is 0 Å². The Balaban J connectivity index is 2.47. The molecule has 2 heteroatoms. The Bertz CT molecular complexity index is 150. The SMILES string of the molecule is CC(C)CC1=NCCCN1C. The summed E-state index contributed by atoms with van der Waals surface area (Å²) in [5.74, 6) is 2.03. The first-order chi connectivity index (χ1) is 5.20. The fourth-order valence-electron chi connectivity index (χ4n) is 1.35. The van der Waals surface area contributed by atoms with Crippen LogP contribution in [-0.4, -0.2) is 30.9 Å². The summed E-state index contributed by atoms with van der Waals surface area (Å²) in [5, 5.41) is 0. The minimum absolute atomic E-state index is 0.731. The van der Waals surface area contributed by atoms with Crippen LogP contribution in [0.25, 0.3) is 0 Å². The summed E-state index contributed by atoms with van der Waals surface area (Å²) >= 11 is 0. The molecule has 0 saturated carbocycles. The van der Waals surface area contributed by atoms with Gasteiger partial charge in [-0.05, 0) is 12.3 Å². The molecular weight excluding hydrogens is 136 g/mol. The van der Waals surface area contributed by atoms with Crippen LogP contribution in [0.5, 0.6) is 0 Å². The van der Waals surface area contributed by atoms with E-state index in [1.54, 1.807) is 0 Å². The molecule has 0 N–H and O–H groups in total. The second kappa shape index (κ2) is 3.74. The second-order valence-electron chi connectivity index (χ2n) is 3.67. The molecule has 0 fully saturated rings. The van der Waals surface area contributed by atoms with Crippen LogP contribution in [0.15, 0.2) is 4.99 Å². The predicted octanol–water partition coefficient (Wildman–Crippen LogP) is 1.77. The van der Waals surface area contributed by atoms with E-state index in [2.05, 4.69) is 30.8 Å². The quantitative estimate of drug-likeness (QED) is 0.592. The standard InChI is InChI=1S/C9H18N2/c1-8(2)7-9-10-5-4-6-11(9)3/h8H,4-7H2,1-3H3. The van der Waals surface area contributed by atoms with E-state index < -0.39 is 0 Å². The van der Waals surface area contributed by atoms with Crippen molar-refractivity contribution in [3.8, 4) is 0 Å². The molecule has 0 aromatic heterocycles. The van der Waals surface area contributed by atoms with Gasteiger partial charge in [0.2, 0.25) is 0 Å². The highest BCUT2D eigenvalue weighted by molar-refractivity contribution is 5.82. The lowest BCUT2D eigenvalue weighted by molar-refractivity contribution is 0.444. The molecule has 1 rings (SSSR count). The van der Waals surface area contributed by atoms with Crippen molar-refractivity contribution >= 4 is 5.84 Å². The molecule has 1 aliphatic heterocycles. The zero-order chi connectivity index (χ0) is 8.27. The Morgan fingerprint density at radius 3 is 2.82 bits per heavy atom. The number of hydrogen-bond acceptors (Lipinski definition) is 2. The van der Waals surface area contributed by atoms with Gasteiger partial charge in [0.25, 0.3) is 0 Å². The fraction of sp³-hybridized carbons (Fsp3) is 0.889. The third kappa shape index (κ3) is 2.52. The number of hydrogen-bond donors (Lipinski definition) is 0. The monoisotopic (exact) mass is 154 g/mol. The lowest BCUT2D eigenvalue weighted by Crippen LogP contribution is -2.32.